The molecule has 0 saturated carbocycles. The predicted octanol–water partition coefficient (Wildman–Crippen LogP) is 1.77. The van der Waals surface area contributed by atoms with Crippen LogP contribution in [0.4, 0.5) is 4.79 Å². The first-order valence-corrected chi connectivity index (χ1v) is 7.28. The lowest BCUT2D eigenvalue weighted by Gasteiger charge is -2.18. The maximum atomic E-state index is 11.7. The number of methoxy groups -OCH3 is 1. The van der Waals surface area contributed by atoms with Gasteiger partial charge in [-0.3, -0.25) is 0 Å². The van der Waals surface area contributed by atoms with Crippen LogP contribution in [0.1, 0.15) is 20.8 Å². The van der Waals surface area contributed by atoms with Crippen molar-refractivity contribution in [1.82, 2.24) is 5.48 Å². The van der Waals surface area contributed by atoms with Crippen LogP contribution in [0.3, 0.4) is 0 Å². The van der Waals surface area contributed by atoms with Gasteiger partial charge in [-0.15, -0.1) is 0 Å². The van der Waals surface area contributed by atoms with Crippen molar-refractivity contribution in [3.8, 4) is 5.75 Å². The van der Waals surface area contributed by atoms with Gasteiger partial charge < -0.3 is 9.47 Å². The van der Waals surface area contributed by atoms with Crippen molar-refractivity contribution >= 4 is 16.2 Å². The Labute approximate surface area is 123 Å². The van der Waals surface area contributed by atoms with Crippen LogP contribution in [0, 0.1) is 0 Å². The highest BCUT2D eigenvalue weighted by Crippen LogP contribution is 2.17. The SMILES string of the molecule is COc1ccc(S(=O)(=O)OONC(=O)OC(C)(C)C)cc1. The summed E-state index contributed by atoms with van der Waals surface area (Å²) >= 11 is 0. The van der Waals surface area contributed by atoms with Crippen LogP contribution in [-0.2, 0) is 24.2 Å². The molecule has 21 heavy (non-hydrogen) atoms. The van der Waals surface area contributed by atoms with Crippen LogP contribution in [0.15, 0.2) is 29.2 Å². The first-order chi connectivity index (χ1) is 9.64. The lowest BCUT2D eigenvalue weighted by atomic mass is 10.2. The van der Waals surface area contributed by atoms with E-state index >= 15 is 0 Å². The molecule has 0 bridgehead atoms. The lowest BCUT2D eigenvalue weighted by Crippen LogP contribution is -2.33. The van der Waals surface area contributed by atoms with E-state index in [-0.39, 0.29) is 4.90 Å². The second kappa shape index (κ2) is 6.74. The van der Waals surface area contributed by atoms with Gasteiger partial charge in [0.05, 0.1) is 12.0 Å². The van der Waals surface area contributed by atoms with Crippen molar-refractivity contribution in [3.63, 3.8) is 0 Å². The minimum absolute atomic E-state index is 0.158. The fourth-order valence-electron chi connectivity index (χ4n) is 1.18. The molecule has 0 aliphatic carbocycles. The highest BCUT2D eigenvalue weighted by atomic mass is 32.2. The fourth-order valence-corrected chi connectivity index (χ4v) is 1.85. The molecule has 0 aliphatic heterocycles. The fraction of sp³-hybridized carbons (Fsp3) is 0.417. The normalized spacial score (nSPS) is 11.8. The molecule has 1 aromatic rings. The average Bonchev–Trinajstić information content (AvgIpc) is 2.36. The van der Waals surface area contributed by atoms with Gasteiger partial charge in [-0.05, 0) is 45.0 Å². The third-order valence-electron chi connectivity index (χ3n) is 2.00. The summed E-state index contributed by atoms with van der Waals surface area (Å²) in [7, 11) is -2.72. The molecule has 0 spiro atoms. The van der Waals surface area contributed by atoms with Crippen molar-refractivity contribution in [1.29, 1.82) is 0 Å². The Morgan fingerprint density at radius 1 is 1.14 bits per heavy atom. The van der Waals surface area contributed by atoms with Gasteiger partial charge in [0.2, 0.25) is 0 Å². The van der Waals surface area contributed by atoms with Gasteiger partial charge in [-0.25, -0.2) is 4.79 Å². The number of benzene rings is 1. The highest BCUT2D eigenvalue weighted by molar-refractivity contribution is 7.86. The molecule has 0 heterocycles. The van der Waals surface area contributed by atoms with Gasteiger partial charge in [0.1, 0.15) is 11.4 Å². The molecule has 1 rings (SSSR count). The molecule has 0 fully saturated rings. The molecule has 0 aliphatic rings. The summed E-state index contributed by atoms with van der Waals surface area (Å²) in [5.74, 6) is 0.488. The number of hydrogen-bond donors (Lipinski definition) is 1. The predicted molar refractivity (Wildman–Crippen MR) is 71.7 cm³/mol. The Kier molecular flexibility index (Phi) is 5.53. The second-order valence-electron chi connectivity index (χ2n) is 4.88. The molecule has 9 heteroatoms. The van der Waals surface area contributed by atoms with Crippen molar-refractivity contribution in [2.24, 2.45) is 0 Å². The first-order valence-electron chi connectivity index (χ1n) is 5.87. The molecular formula is C12H17NO7S. The minimum atomic E-state index is -4.17. The third-order valence-corrected chi connectivity index (χ3v) is 3.09. The summed E-state index contributed by atoms with van der Waals surface area (Å²) < 4.78 is 37.4. The maximum Gasteiger partial charge on any atom is 0.434 e. The number of nitrogens with one attached hydrogen (secondary N) is 1. The number of hydrogen-bond acceptors (Lipinski definition) is 7. The number of ether oxygens (including phenoxy) is 2. The van der Waals surface area contributed by atoms with E-state index in [2.05, 4.69) is 9.32 Å². The number of rotatable bonds is 5. The summed E-state index contributed by atoms with van der Waals surface area (Å²) in [4.78, 5) is 15.2. The van der Waals surface area contributed by atoms with Gasteiger partial charge in [0.15, 0.2) is 0 Å². The van der Waals surface area contributed by atoms with E-state index in [0.717, 1.165) is 0 Å². The first kappa shape index (κ1) is 17.2. The molecule has 0 aromatic heterocycles. The van der Waals surface area contributed by atoms with Gasteiger partial charge in [-0.1, -0.05) is 9.32 Å². The summed E-state index contributed by atoms with van der Waals surface area (Å²) in [6.07, 6.45) is -0.979. The molecule has 0 radical (unpaired) electrons. The van der Waals surface area contributed by atoms with Crippen LogP contribution < -0.4 is 10.2 Å². The molecule has 8 nitrogen and oxygen atoms in total. The third kappa shape index (κ3) is 5.98. The van der Waals surface area contributed by atoms with Crippen LogP contribution in [0.2, 0.25) is 0 Å². The molecule has 0 saturated heterocycles. The summed E-state index contributed by atoms with van der Waals surface area (Å²) in [6.45, 7) is 4.92. The molecule has 0 atom stereocenters. The van der Waals surface area contributed by atoms with E-state index in [0.29, 0.717) is 5.75 Å². The molecule has 0 unspecified atom stereocenters. The number of carbonyl (C=O) groups excluding carboxylic acids is 1. The van der Waals surface area contributed by atoms with Crippen LogP contribution in [0.25, 0.3) is 0 Å². The van der Waals surface area contributed by atoms with E-state index in [1.807, 2.05) is 0 Å². The second-order valence-corrected chi connectivity index (χ2v) is 6.40. The maximum absolute atomic E-state index is 11.7. The van der Waals surface area contributed by atoms with Crippen molar-refractivity contribution in [3.05, 3.63) is 24.3 Å². The lowest BCUT2D eigenvalue weighted by molar-refractivity contribution is -0.244. The Morgan fingerprint density at radius 2 is 1.71 bits per heavy atom. The van der Waals surface area contributed by atoms with E-state index in [4.69, 9.17) is 9.47 Å². The number of carbonyl (C=O) groups is 1. The zero-order valence-corrected chi connectivity index (χ0v) is 12.9. The standard InChI is InChI=1S/C12H17NO7S/c1-12(2,3)18-11(14)13-19-20-21(15,16)10-7-5-9(17-4)6-8-10/h5-8H,1-4H3,(H,13,14). The van der Waals surface area contributed by atoms with E-state index in [1.54, 1.807) is 26.3 Å². The van der Waals surface area contributed by atoms with Crippen LogP contribution in [0.5, 0.6) is 5.75 Å². The largest absolute Gasteiger partial charge is 0.497 e. The Balaban J connectivity index is 2.55. The Morgan fingerprint density at radius 3 is 2.19 bits per heavy atom. The summed E-state index contributed by atoms with van der Waals surface area (Å²) in [5.41, 5.74) is 0.953. The molecule has 1 N–H and O–H groups in total. The highest BCUT2D eigenvalue weighted by Gasteiger charge is 2.20. The summed E-state index contributed by atoms with van der Waals surface area (Å²) in [6, 6.07) is 5.42. The quantitative estimate of drug-likeness (QED) is 0.652. The number of hydroxylamine groups is 1. The van der Waals surface area contributed by atoms with Gasteiger partial charge in [0.25, 0.3) is 0 Å². The molecule has 1 aromatic carbocycles. The molecular weight excluding hydrogens is 302 g/mol. The van der Waals surface area contributed by atoms with Crippen molar-refractivity contribution in [2.45, 2.75) is 31.3 Å². The minimum Gasteiger partial charge on any atom is -0.497 e. The van der Waals surface area contributed by atoms with Gasteiger partial charge in [0, 0.05) is 0 Å². The Hall–Kier alpha value is -1.84. The zero-order chi connectivity index (χ0) is 16.1. The zero-order valence-electron chi connectivity index (χ0n) is 12.1. The average molecular weight is 319 g/mol. The van der Waals surface area contributed by atoms with E-state index < -0.39 is 21.8 Å². The monoisotopic (exact) mass is 319 g/mol. The van der Waals surface area contributed by atoms with Crippen molar-refractivity contribution in [2.75, 3.05) is 7.11 Å². The van der Waals surface area contributed by atoms with Crippen LogP contribution in [-0.4, -0.2) is 27.2 Å². The smallest absolute Gasteiger partial charge is 0.434 e. The van der Waals surface area contributed by atoms with Crippen LogP contribution >= 0.6 is 0 Å². The number of amides is 1. The van der Waals surface area contributed by atoms with Gasteiger partial charge in [-0.2, -0.15) is 13.9 Å². The van der Waals surface area contributed by atoms with Crippen molar-refractivity contribution < 1.29 is 32.0 Å². The topological polar surface area (TPSA) is 100 Å². The molecule has 118 valence electrons. The molecule has 1 amide bonds. The summed E-state index contributed by atoms with van der Waals surface area (Å²) in [5, 5.41) is 0. The van der Waals surface area contributed by atoms with E-state index in [9.17, 15) is 13.2 Å². The van der Waals surface area contributed by atoms with Gasteiger partial charge >= 0.3 is 16.2 Å². The Bertz CT molecular complexity index is 575. The van der Waals surface area contributed by atoms with E-state index in [1.165, 1.54) is 31.4 Å².